The second kappa shape index (κ2) is 5.36. The standard InChI is InChI=1S/C14H18ClFO/c15-12-7-5-6-11(13(12)16)10-14(17)8-3-1-2-4-9-14/h5-7,17H,1-4,8-10H2. The zero-order valence-electron chi connectivity index (χ0n) is 9.88. The van der Waals surface area contributed by atoms with Gasteiger partial charge in [-0.3, -0.25) is 0 Å². The van der Waals surface area contributed by atoms with Crippen molar-refractivity contribution in [2.24, 2.45) is 0 Å². The van der Waals surface area contributed by atoms with Gasteiger partial charge in [-0.15, -0.1) is 0 Å². The van der Waals surface area contributed by atoms with Crippen molar-refractivity contribution in [3.8, 4) is 0 Å². The monoisotopic (exact) mass is 256 g/mol. The highest BCUT2D eigenvalue weighted by Crippen LogP contribution is 2.31. The van der Waals surface area contributed by atoms with Crippen LogP contribution in [0.5, 0.6) is 0 Å². The minimum Gasteiger partial charge on any atom is -0.390 e. The predicted octanol–water partition coefficient (Wildman–Crippen LogP) is 4.11. The van der Waals surface area contributed by atoms with Crippen LogP contribution in [-0.4, -0.2) is 10.7 Å². The van der Waals surface area contributed by atoms with Crippen LogP contribution in [0.1, 0.15) is 44.1 Å². The van der Waals surface area contributed by atoms with Crippen molar-refractivity contribution in [2.75, 3.05) is 0 Å². The van der Waals surface area contributed by atoms with Gasteiger partial charge in [-0.1, -0.05) is 49.4 Å². The quantitative estimate of drug-likeness (QED) is 0.790. The third-order valence-electron chi connectivity index (χ3n) is 3.59. The lowest BCUT2D eigenvalue weighted by Gasteiger charge is -2.27. The summed E-state index contributed by atoms with van der Waals surface area (Å²) in [5, 5.41) is 10.6. The van der Waals surface area contributed by atoms with Crippen LogP contribution in [0.4, 0.5) is 4.39 Å². The van der Waals surface area contributed by atoms with Gasteiger partial charge in [0.15, 0.2) is 0 Å². The van der Waals surface area contributed by atoms with Gasteiger partial charge in [0.2, 0.25) is 0 Å². The van der Waals surface area contributed by atoms with Gasteiger partial charge in [-0.2, -0.15) is 0 Å². The fraction of sp³-hybridized carbons (Fsp3) is 0.571. The van der Waals surface area contributed by atoms with Crippen molar-refractivity contribution in [2.45, 2.75) is 50.5 Å². The molecule has 0 spiro atoms. The van der Waals surface area contributed by atoms with Crippen molar-refractivity contribution in [3.63, 3.8) is 0 Å². The molecule has 94 valence electrons. The number of benzene rings is 1. The number of aliphatic hydroxyl groups is 1. The van der Waals surface area contributed by atoms with Crippen molar-refractivity contribution >= 4 is 11.6 Å². The molecule has 0 saturated heterocycles. The lowest BCUT2D eigenvalue weighted by Crippen LogP contribution is -2.31. The molecule has 2 rings (SSSR count). The highest BCUT2D eigenvalue weighted by atomic mass is 35.5. The Hall–Kier alpha value is -0.600. The Bertz CT molecular complexity index is 384. The lowest BCUT2D eigenvalue weighted by molar-refractivity contribution is 0.0245. The minimum absolute atomic E-state index is 0.139. The summed E-state index contributed by atoms with van der Waals surface area (Å²) < 4.78 is 13.8. The molecule has 0 aliphatic heterocycles. The van der Waals surface area contributed by atoms with Crippen LogP contribution in [0.2, 0.25) is 5.02 Å². The first-order valence-electron chi connectivity index (χ1n) is 6.26. The fourth-order valence-corrected chi connectivity index (χ4v) is 2.80. The Labute approximate surface area is 107 Å². The van der Waals surface area contributed by atoms with E-state index in [1.165, 1.54) is 18.9 Å². The summed E-state index contributed by atoms with van der Waals surface area (Å²) in [4.78, 5) is 0. The van der Waals surface area contributed by atoms with Gasteiger partial charge in [-0.05, 0) is 24.5 Å². The normalized spacial score (nSPS) is 19.9. The van der Waals surface area contributed by atoms with E-state index >= 15 is 0 Å². The third-order valence-corrected chi connectivity index (χ3v) is 3.88. The van der Waals surface area contributed by atoms with Crippen molar-refractivity contribution in [1.29, 1.82) is 0 Å². The number of hydrogen-bond donors (Lipinski definition) is 1. The zero-order valence-corrected chi connectivity index (χ0v) is 10.6. The van der Waals surface area contributed by atoms with E-state index in [0.29, 0.717) is 12.0 Å². The lowest BCUT2D eigenvalue weighted by atomic mass is 9.87. The molecule has 0 heterocycles. The zero-order chi connectivity index (χ0) is 12.3. The molecule has 3 heteroatoms. The molecule has 0 radical (unpaired) electrons. The van der Waals surface area contributed by atoms with E-state index in [2.05, 4.69) is 0 Å². The average molecular weight is 257 g/mol. The summed E-state index contributed by atoms with van der Waals surface area (Å²) in [5.41, 5.74) is -0.218. The molecule has 1 fully saturated rings. The van der Waals surface area contributed by atoms with Crippen LogP contribution in [0.25, 0.3) is 0 Å². The maximum atomic E-state index is 13.8. The van der Waals surface area contributed by atoms with Gasteiger partial charge in [-0.25, -0.2) is 4.39 Å². The van der Waals surface area contributed by atoms with E-state index in [4.69, 9.17) is 11.6 Å². The second-order valence-corrected chi connectivity index (χ2v) is 5.44. The van der Waals surface area contributed by atoms with Gasteiger partial charge in [0.1, 0.15) is 5.82 Å². The van der Waals surface area contributed by atoms with Crippen LogP contribution in [0.3, 0.4) is 0 Å². The van der Waals surface area contributed by atoms with E-state index in [9.17, 15) is 9.50 Å². The molecule has 17 heavy (non-hydrogen) atoms. The summed E-state index contributed by atoms with van der Waals surface area (Å²) in [7, 11) is 0. The fourth-order valence-electron chi connectivity index (χ4n) is 2.60. The van der Waals surface area contributed by atoms with Gasteiger partial charge in [0, 0.05) is 6.42 Å². The largest absolute Gasteiger partial charge is 0.390 e. The van der Waals surface area contributed by atoms with Gasteiger partial charge < -0.3 is 5.11 Å². The first-order valence-corrected chi connectivity index (χ1v) is 6.64. The summed E-state index contributed by atoms with van der Waals surface area (Å²) in [5.74, 6) is -0.383. The Morgan fingerprint density at radius 3 is 2.47 bits per heavy atom. The summed E-state index contributed by atoms with van der Waals surface area (Å²) in [6, 6.07) is 4.99. The van der Waals surface area contributed by atoms with Crippen molar-refractivity contribution in [1.82, 2.24) is 0 Å². The molecule has 1 aliphatic carbocycles. The Morgan fingerprint density at radius 2 is 1.82 bits per heavy atom. The highest BCUT2D eigenvalue weighted by Gasteiger charge is 2.29. The highest BCUT2D eigenvalue weighted by molar-refractivity contribution is 6.30. The summed E-state index contributed by atoms with van der Waals surface area (Å²) >= 11 is 5.75. The van der Waals surface area contributed by atoms with E-state index in [0.717, 1.165) is 25.7 Å². The molecular formula is C14H18ClFO. The Balaban J connectivity index is 2.15. The van der Waals surface area contributed by atoms with Gasteiger partial charge in [0.05, 0.1) is 10.6 Å². The molecule has 1 nitrogen and oxygen atoms in total. The van der Waals surface area contributed by atoms with Crippen LogP contribution < -0.4 is 0 Å². The maximum absolute atomic E-state index is 13.8. The van der Waals surface area contributed by atoms with Crippen molar-refractivity contribution in [3.05, 3.63) is 34.6 Å². The van der Waals surface area contributed by atoms with Gasteiger partial charge in [0.25, 0.3) is 0 Å². The van der Waals surface area contributed by atoms with Crippen LogP contribution in [0, 0.1) is 5.82 Å². The molecule has 0 atom stereocenters. The van der Waals surface area contributed by atoms with Crippen molar-refractivity contribution < 1.29 is 9.50 Å². The summed E-state index contributed by atoms with van der Waals surface area (Å²) in [6.07, 6.45) is 6.29. The number of hydrogen-bond acceptors (Lipinski definition) is 1. The molecule has 0 bridgehead atoms. The molecule has 1 N–H and O–H groups in total. The topological polar surface area (TPSA) is 20.2 Å². The Morgan fingerprint density at radius 1 is 1.18 bits per heavy atom. The molecule has 0 aromatic heterocycles. The van der Waals surface area contributed by atoms with Gasteiger partial charge >= 0.3 is 0 Å². The first-order chi connectivity index (χ1) is 8.11. The van der Waals surface area contributed by atoms with E-state index in [-0.39, 0.29) is 10.8 Å². The first kappa shape index (κ1) is 12.8. The maximum Gasteiger partial charge on any atom is 0.145 e. The molecular weight excluding hydrogens is 239 g/mol. The molecule has 1 saturated carbocycles. The second-order valence-electron chi connectivity index (χ2n) is 5.03. The predicted molar refractivity (Wildman–Crippen MR) is 67.8 cm³/mol. The van der Waals surface area contributed by atoms with E-state index in [1.807, 2.05) is 0 Å². The number of rotatable bonds is 2. The summed E-state index contributed by atoms with van der Waals surface area (Å²) in [6.45, 7) is 0. The number of halogens is 2. The Kier molecular flexibility index (Phi) is 4.05. The average Bonchev–Trinajstić information content (AvgIpc) is 2.50. The minimum atomic E-state index is -0.748. The smallest absolute Gasteiger partial charge is 0.145 e. The van der Waals surface area contributed by atoms with Crippen LogP contribution in [-0.2, 0) is 6.42 Å². The molecule has 0 amide bonds. The van der Waals surface area contributed by atoms with Crippen LogP contribution >= 0.6 is 11.6 Å². The SMILES string of the molecule is OC1(Cc2cccc(Cl)c2F)CCCCCC1. The molecule has 1 aromatic carbocycles. The third kappa shape index (κ3) is 3.20. The molecule has 0 unspecified atom stereocenters. The van der Waals surface area contributed by atoms with E-state index < -0.39 is 5.60 Å². The van der Waals surface area contributed by atoms with E-state index in [1.54, 1.807) is 12.1 Å². The van der Waals surface area contributed by atoms with Crippen LogP contribution in [0.15, 0.2) is 18.2 Å². The molecule has 1 aliphatic rings. The molecule has 1 aromatic rings.